The lowest BCUT2D eigenvalue weighted by Gasteiger charge is -2.26. The first-order chi connectivity index (χ1) is 13.3. The van der Waals surface area contributed by atoms with Gasteiger partial charge in [0, 0.05) is 18.1 Å². The van der Waals surface area contributed by atoms with Gasteiger partial charge >= 0.3 is 0 Å². The van der Waals surface area contributed by atoms with Crippen LogP contribution < -0.4 is 10.1 Å². The molecule has 2 aromatic rings. The molecule has 1 heterocycles. The first kappa shape index (κ1) is 20.9. The molecule has 1 amide bonds. The van der Waals surface area contributed by atoms with E-state index >= 15 is 0 Å². The van der Waals surface area contributed by atoms with Crippen LogP contribution in [0.25, 0.3) is 0 Å². The second-order valence-electron chi connectivity index (χ2n) is 5.96. The molecule has 3 rings (SSSR count). The topological polar surface area (TPSA) is 84.9 Å². The Hall–Kier alpha value is -1.84. The van der Waals surface area contributed by atoms with Crippen LogP contribution in [0.2, 0.25) is 10.0 Å². The number of benzene rings is 2. The number of carbonyl (C=O) groups excluding carboxylic acids is 1. The smallest absolute Gasteiger partial charge is 0.259 e. The first-order valence-corrected chi connectivity index (χ1v) is 10.5. The lowest BCUT2D eigenvalue weighted by atomic mass is 10.2. The molecule has 150 valence electrons. The standard InChI is InChI=1S/C18H18Cl2N2O5S/c1-26-17-5-3-13(28(24,25)22-6-8-27-9-7-22)11-14(17)18(23)21-16-4-2-12(19)10-15(16)20/h2-5,10-11H,6-9H2,1H3,(H,21,23). The molecule has 0 aliphatic carbocycles. The third-order valence-electron chi connectivity index (χ3n) is 4.20. The summed E-state index contributed by atoms with van der Waals surface area (Å²) in [6.45, 7) is 1.18. The van der Waals surface area contributed by atoms with E-state index in [2.05, 4.69) is 5.32 Å². The van der Waals surface area contributed by atoms with E-state index in [0.29, 0.717) is 23.9 Å². The number of nitrogens with one attached hydrogen (secondary N) is 1. The van der Waals surface area contributed by atoms with Crippen molar-refractivity contribution in [2.45, 2.75) is 4.90 Å². The number of nitrogens with zero attached hydrogens (tertiary/aromatic N) is 1. The summed E-state index contributed by atoms with van der Waals surface area (Å²) in [6, 6.07) is 8.79. The summed E-state index contributed by atoms with van der Waals surface area (Å²) in [7, 11) is -2.36. The third-order valence-corrected chi connectivity index (χ3v) is 6.65. The summed E-state index contributed by atoms with van der Waals surface area (Å²) in [5.41, 5.74) is 0.419. The number of halogens is 2. The molecule has 7 nitrogen and oxygen atoms in total. The maximum Gasteiger partial charge on any atom is 0.259 e. The predicted octanol–water partition coefficient (Wildman–Crippen LogP) is 3.28. The largest absolute Gasteiger partial charge is 0.496 e. The van der Waals surface area contributed by atoms with E-state index < -0.39 is 15.9 Å². The van der Waals surface area contributed by atoms with Crippen LogP contribution in [0.1, 0.15) is 10.4 Å². The van der Waals surface area contributed by atoms with Crippen LogP contribution in [-0.2, 0) is 14.8 Å². The Kier molecular flexibility index (Phi) is 6.47. The lowest BCUT2D eigenvalue weighted by molar-refractivity contribution is 0.0730. The van der Waals surface area contributed by atoms with Gasteiger partial charge in [0.25, 0.3) is 5.91 Å². The quantitative estimate of drug-likeness (QED) is 0.764. The van der Waals surface area contributed by atoms with Crippen molar-refractivity contribution in [3.63, 3.8) is 0 Å². The number of methoxy groups -OCH3 is 1. The summed E-state index contributed by atoms with van der Waals surface area (Å²) >= 11 is 12.0. The summed E-state index contributed by atoms with van der Waals surface area (Å²) in [4.78, 5) is 12.8. The van der Waals surface area contributed by atoms with E-state index in [-0.39, 0.29) is 34.3 Å². The monoisotopic (exact) mass is 444 g/mol. The molecule has 1 aliphatic heterocycles. The highest BCUT2D eigenvalue weighted by molar-refractivity contribution is 7.89. The number of rotatable bonds is 5. The van der Waals surface area contributed by atoms with Crippen LogP contribution in [0.4, 0.5) is 5.69 Å². The van der Waals surface area contributed by atoms with Crippen LogP contribution in [0.15, 0.2) is 41.3 Å². The van der Waals surface area contributed by atoms with Gasteiger partial charge in [0.1, 0.15) is 5.75 Å². The molecule has 1 N–H and O–H groups in total. The summed E-state index contributed by atoms with van der Waals surface area (Å²) in [5, 5.41) is 3.34. The van der Waals surface area contributed by atoms with Gasteiger partial charge in [-0.15, -0.1) is 0 Å². The molecule has 0 spiro atoms. The molecule has 2 aromatic carbocycles. The number of sulfonamides is 1. The van der Waals surface area contributed by atoms with Crippen molar-refractivity contribution in [1.82, 2.24) is 4.31 Å². The van der Waals surface area contributed by atoms with Crippen molar-refractivity contribution < 1.29 is 22.7 Å². The Bertz CT molecular complexity index is 991. The van der Waals surface area contributed by atoms with E-state index in [4.69, 9.17) is 32.7 Å². The Morgan fingerprint density at radius 1 is 1.14 bits per heavy atom. The van der Waals surface area contributed by atoms with Gasteiger partial charge in [-0.25, -0.2) is 8.42 Å². The summed E-state index contributed by atoms with van der Waals surface area (Å²) in [5.74, 6) is -0.316. The number of hydrogen-bond acceptors (Lipinski definition) is 5. The van der Waals surface area contributed by atoms with Crippen LogP contribution in [0, 0.1) is 0 Å². The maximum atomic E-state index is 12.9. The highest BCUT2D eigenvalue weighted by Gasteiger charge is 2.28. The average Bonchev–Trinajstić information content (AvgIpc) is 2.70. The minimum absolute atomic E-state index is 0.00236. The molecule has 0 atom stereocenters. The van der Waals surface area contributed by atoms with Gasteiger partial charge in [0.05, 0.1) is 41.5 Å². The zero-order valence-electron chi connectivity index (χ0n) is 14.9. The first-order valence-electron chi connectivity index (χ1n) is 8.35. The molecule has 1 saturated heterocycles. The zero-order valence-corrected chi connectivity index (χ0v) is 17.3. The average molecular weight is 445 g/mol. The van der Waals surface area contributed by atoms with Crippen LogP contribution in [0.5, 0.6) is 5.75 Å². The number of morpholine rings is 1. The molecular formula is C18H18Cl2N2O5S. The van der Waals surface area contributed by atoms with Crippen molar-refractivity contribution in [1.29, 1.82) is 0 Å². The van der Waals surface area contributed by atoms with E-state index in [1.54, 1.807) is 12.1 Å². The lowest BCUT2D eigenvalue weighted by Crippen LogP contribution is -2.40. The molecular weight excluding hydrogens is 427 g/mol. The minimum Gasteiger partial charge on any atom is -0.496 e. The van der Waals surface area contributed by atoms with E-state index in [9.17, 15) is 13.2 Å². The van der Waals surface area contributed by atoms with Crippen LogP contribution in [-0.4, -0.2) is 52.0 Å². The minimum atomic E-state index is -3.76. The summed E-state index contributed by atoms with van der Waals surface area (Å²) < 4.78 is 37.5. The number of amides is 1. The molecule has 1 fully saturated rings. The number of anilines is 1. The molecule has 0 radical (unpaired) electrons. The molecule has 28 heavy (non-hydrogen) atoms. The highest BCUT2D eigenvalue weighted by Crippen LogP contribution is 2.29. The molecule has 0 unspecified atom stereocenters. The predicted molar refractivity (Wildman–Crippen MR) is 107 cm³/mol. The fourth-order valence-electron chi connectivity index (χ4n) is 2.74. The van der Waals surface area contributed by atoms with Crippen molar-refractivity contribution in [3.05, 3.63) is 52.0 Å². The van der Waals surface area contributed by atoms with Gasteiger partial charge in [-0.2, -0.15) is 4.31 Å². The molecule has 1 aliphatic rings. The van der Waals surface area contributed by atoms with Crippen molar-refractivity contribution in [2.75, 3.05) is 38.7 Å². The Morgan fingerprint density at radius 3 is 2.50 bits per heavy atom. The summed E-state index contributed by atoms with van der Waals surface area (Å²) in [6.07, 6.45) is 0. The molecule has 0 saturated carbocycles. The number of ether oxygens (including phenoxy) is 2. The molecule has 0 aromatic heterocycles. The van der Waals surface area contributed by atoms with Gasteiger partial charge in [-0.05, 0) is 36.4 Å². The van der Waals surface area contributed by atoms with Crippen molar-refractivity contribution in [3.8, 4) is 5.75 Å². The molecule has 0 bridgehead atoms. The van der Waals surface area contributed by atoms with Crippen molar-refractivity contribution >= 4 is 44.8 Å². The zero-order chi connectivity index (χ0) is 20.3. The molecule has 10 heteroatoms. The second-order valence-corrected chi connectivity index (χ2v) is 8.74. The Labute approximate surface area is 173 Å². The van der Waals surface area contributed by atoms with E-state index in [1.165, 1.54) is 35.7 Å². The van der Waals surface area contributed by atoms with Gasteiger partial charge in [-0.1, -0.05) is 23.2 Å². The van der Waals surface area contributed by atoms with Crippen molar-refractivity contribution in [2.24, 2.45) is 0 Å². The van der Waals surface area contributed by atoms with Crippen LogP contribution >= 0.6 is 23.2 Å². The van der Waals surface area contributed by atoms with E-state index in [1.807, 2.05) is 0 Å². The van der Waals surface area contributed by atoms with E-state index in [0.717, 1.165) is 0 Å². The van der Waals surface area contributed by atoms with Gasteiger partial charge in [0.2, 0.25) is 10.0 Å². The highest BCUT2D eigenvalue weighted by atomic mass is 35.5. The third kappa shape index (κ3) is 4.42. The fourth-order valence-corrected chi connectivity index (χ4v) is 4.63. The Morgan fingerprint density at radius 2 is 1.86 bits per heavy atom. The van der Waals surface area contributed by atoms with Gasteiger partial charge < -0.3 is 14.8 Å². The SMILES string of the molecule is COc1ccc(S(=O)(=O)N2CCOCC2)cc1C(=O)Nc1ccc(Cl)cc1Cl. The number of carbonyl (C=O) groups is 1. The van der Waals surface area contributed by atoms with Gasteiger partial charge in [-0.3, -0.25) is 4.79 Å². The number of hydrogen-bond donors (Lipinski definition) is 1. The second kappa shape index (κ2) is 8.67. The normalized spacial score (nSPS) is 15.2. The maximum absolute atomic E-state index is 12.9. The Balaban J connectivity index is 1.93. The van der Waals surface area contributed by atoms with Crippen LogP contribution in [0.3, 0.4) is 0 Å². The van der Waals surface area contributed by atoms with Gasteiger partial charge in [0.15, 0.2) is 0 Å². The fraction of sp³-hybridized carbons (Fsp3) is 0.278.